The SMILES string of the molecule is CCCOCCOCC(O)c1cccc(C(=O)OC)n1. The maximum Gasteiger partial charge on any atom is 0.356 e. The molecule has 0 amide bonds. The molecule has 0 bridgehead atoms. The number of hydrogen-bond acceptors (Lipinski definition) is 6. The first-order valence-electron chi connectivity index (χ1n) is 6.57. The van der Waals surface area contributed by atoms with Gasteiger partial charge in [-0.3, -0.25) is 0 Å². The molecule has 0 radical (unpaired) electrons. The number of methoxy groups -OCH3 is 1. The van der Waals surface area contributed by atoms with Crippen LogP contribution in [-0.4, -0.2) is 49.6 Å². The second-order valence-electron chi connectivity index (χ2n) is 4.14. The Labute approximate surface area is 118 Å². The van der Waals surface area contributed by atoms with Crippen molar-refractivity contribution in [1.82, 2.24) is 4.98 Å². The number of ether oxygens (including phenoxy) is 3. The number of aliphatic hydroxyl groups excluding tert-OH is 1. The zero-order valence-electron chi connectivity index (χ0n) is 11.9. The first-order chi connectivity index (χ1) is 9.69. The molecule has 0 aliphatic heterocycles. The van der Waals surface area contributed by atoms with Gasteiger partial charge in [-0.05, 0) is 18.6 Å². The highest BCUT2D eigenvalue weighted by Gasteiger charge is 2.13. The third-order valence-corrected chi connectivity index (χ3v) is 2.50. The van der Waals surface area contributed by atoms with Crippen molar-refractivity contribution in [2.45, 2.75) is 19.4 Å². The smallest absolute Gasteiger partial charge is 0.356 e. The quantitative estimate of drug-likeness (QED) is 0.544. The zero-order valence-corrected chi connectivity index (χ0v) is 11.9. The highest BCUT2D eigenvalue weighted by molar-refractivity contribution is 5.87. The molecule has 112 valence electrons. The van der Waals surface area contributed by atoms with Gasteiger partial charge in [0, 0.05) is 6.61 Å². The van der Waals surface area contributed by atoms with Crippen molar-refractivity contribution >= 4 is 5.97 Å². The van der Waals surface area contributed by atoms with Crippen LogP contribution < -0.4 is 0 Å². The van der Waals surface area contributed by atoms with E-state index < -0.39 is 12.1 Å². The van der Waals surface area contributed by atoms with Crippen molar-refractivity contribution in [1.29, 1.82) is 0 Å². The topological polar surface area (TPSA) is 77.9 Å². The predicted octanol–water partition coefficient (Wildman–Crippen LogP) is 1.34. The molecule has 1 rings (SSSR count). The minimum absolute atomic E-state index is 0.104. The maximum absolute atomic E-state index is 11.3. The summed E-state index contributed by atoms with van der Waals surface area (Å²) >= 11 is 0. The van der Waals surface area contributed by atoms with Gasteiger partial charge in [0.15, 0.2) is 0 Å². The van der Waals surface area contributed by atoms with E-state index in [-0.39, 0.29) is 12.3 Å². The van der Waals surface area contributed by atoms with Crippen LogP contribution in [0.3, 0.4) is 0 Å². The van der Waals surface area contributed by atoms with Crippen molar-refractivity contribution in [2.24, 2.45) is 0 Å². The summed E-state index contributed by atoms with van der Waals surface area (Å²) in [5, 5.41) is 9.92. The molecular formula is C14H21NO5. The molecular weight excluding hydrogens is 262 g/mol. The van der Waals surface area contributed by atoms with E-state index in [9.17, 15) is 9.90 Å². The zero-order chi connectivity index (χ0) is 14.8. The fourth-order valence-electron chi connectivity index (χ4n) is 1.50. The van der Waals surface area contributed by atoms with E-state index >= 15 is 0 Å². The summed E-state index contributed by atoms with van der Waals surface area (Å²) in [5.74, 6) is -0.534. The third-order valence-electron chi connectivity index (χ3n) is 2.50. The van der Waals surface area contributed by atoms with Crippen LogP contribution in [0.2, 0.25) is 0 Å². The number of aliphatic hydroxyl groups is 1. The summed E-state index contributed by atoms with van der Waals surface area (Å²) in [7, 11) is 1.28. The first kappa shape index (κ1) is 16.6. The summed E-state index contributed by atoms with van der Waals surface area (Å²) in [6.07, 6.45) is 0.0816. The van der Waals surface area contributed by atoms with Crippen molar-refractivity contribution in [3.8, 4) is 0 Å². The first-order valence-corrected chi connectivity index (χ1v) is 6.57. The van der Waals surface area contributed by atoms with Crippen LogP contribution in [0.25, 0.3) is 0 Å². The van der Waals surface area contributed by atoms with Crippen LogP contribution >= 0.6 is 0 Å². The Morgan fingerprint density at radius 1 is 1.30 bits per heavy atom. The second kappa shape index (κ2) is 9.41. The van der Waals surface area contributed by atoms with Gasteiger partial charge >= 0.3 is 5.97 Å². The summed E-state index contributed by atoms with van der Waals surface area (Å²) in [5.41, 5.74) is 0.540. The Bertz CT molecular complexity index is 410. The predicted molar refractivity (Wildman–Crippen MR) is 72.5 cm³/mol. The van der Waals surface area contributed by atoms with E-state index in [1.807, 2.05) is 6.92 Å². The monoisotopic (exact) mass is 283 g/mol. The van der Waals surface area contributed by atoms with E-state index in [2.05, 4.69) is 9.72 Å². The number of hydrogen-bond donors (Lipinski definition) is 1. The van der Waals surface area contributed by atoms with Gasteiger partial charge in [-0.15, -0.1) is 0 Å². The van der Waals surface area contributed by atoms with Crippen LogP contribution in [0.5, 0.6) is 0 Å². The van der Waals surface area contributed by atoms with E-state index in [0.29, 0.717) is 25.5 Å². The summed E-state index contributed by atoms with van der Waals surface area (Å²) in [4.78, 5) is 15.4. The molecule has 1 heterocycles. The van der Waals surface area contributed by atoms with Gasteiger partial charge in [0.1, 0.15) is 11.8 Å². The van der Waals surface area contributed by atoms with Gasteiger partial charge in [0.05, 0.1) is 32.6 Å². The molecule has 0 aliphatic rings. The lowest BCUT2D eigenvalue weighted by Crippen LogP contribution is -2.14. The lowest BCUT2D eigenvalue weighted by molar-refractivity contribution is 0.00189. The van der Waals surface area contributed by atoms with E-state index in [0.717, 1.165) is 6.42 Å². The second-order valence-corrected chi connectivity index (χ2v) is 4.14. The lowest BCUT2D eigenvalue weighted by atomic mass is 10.2. The van der Waals surface area contributed by atoms with Crippen LogP contribution in [-0.2, 0) is 14.2 Å². The van der Waals surface area contributed by atoms with Crippen molar-refractivity contribution in [3.05, 3.63) is 29.6 Å². The highest BCUT2D eigenvalue weighted by atomic mass is 16.5. The number of esters is 1. The molecule has 1 aromatic rings. The van der Waals surface area contributed by atoms with Gasteiger partial charge in [0.2, 0.25) is 0 Å². The average Bonchev–Trinajstić information content (AvgIpc) is 2.49. The molecule has 0 fully saturated rings. The molecule has 0 aromatic carbocycles. The van der Waals surface area contributed by atoms with Gasteiger partial charge in [-0.1, -0.05) is 13.0 Å². The van der Waals surface area contributed by atoms with Crippen LogP contribution in [0.4, 0.5) is 0 Å². The molecule has 0 spiro atoms. The summed E-state index contributed by atoms with van der Waals surface area (Å²) in [6, 6.07) is 4.80. The van der Waals surface area contributed by atoms with Gasteiger partial charge in [-0.25, -0.2) is 9.78 Å². The van der Waals surface area contributed by atoms with Gasteiger partial charge in [-0.2, -0.15) is 0 Å². The fourth-order valence-corrected chi connectivity index (χ4v) is 1.50. The largest absolute Gasteiger partial charge is 0.464 e. The Kier molecular flexibility index (Phi) is 7.79. The number of nitrogens with zero attached hydrogens (tertiary/aromatic N) is 1. The van der Waals surface area contributed by atoms with Gasteiger partial charge < -0.3 is 19.3 Å². The fraction of sp³-hybridized carbons (Fsp3) is 0.571. The molecule has 0 aliphatic carbocycles. The summed E-state index contributed by atoms with van der Waals surface area (Å²) < 4.78 is 15.1. The minimum atomic E-state index is -0.884. The minimum Gasteiger partial charge on any atom is -0.464 e. The Hall–Kier alpha value is -1.50. The Balaban J connectivity index is 2.39. The Morgan fingerprint density at radius 2 is 2.05 bits per heavy atom. The molecule has 1 aromatic heterocycles. The van der Waals surface area contributed by atoms with Crippen LogP contribution in [0, 0.1) is 0 Å². The van der Waals surface area contributed by atoms with Crippen molar-refractivity contribution in [2.75, 3.05) is 33.5 Å². The molecule has 1 N–H and O–H groups in total. The number of carbonyl (C=O) groups is 1. The number of carbonyl (C=O) groups excluding carboxylic acids is 1. The van der Waals surface area contributed by atoms with Crippen LogP contribution in [0.1, 0.15) is 35.6 Å². The molecule has 1 unspecified atom stereocenters. The van der Waals surface area contributed by atoms with Crippen LogP contribution in [0.15, 0.2) is 18.2 Å². The summed E-state index contributed by atoms with van der Waals surface area (Å²) in [6.45, 7) is 3.75. The van der Waals surface area contributed by atoms with Crippen molar-refractivity contribution < 1.29 is 24.1 Å². The molecule has 20 heavy (non-hydrogen) atoms. The highest BCUT2D eigenvalue weighted by Crippen LogP contribution is 2.11. The normalized spacial score (nSPS) is 12.2. The standard InChI is InChI=1S/C14H21NO5/c1-3-7-19-8-9-20-10-13(16)11-5-4-6-12(15-11)14(17)18-2/h4-6,13,16H,3,7-10H2,1-2H3. The molecule has 6 heteroatoms. The third kappa shape index (κ3) is 5.64. The molecule has 0 saturated carbocycles. The molecule has 0 saturated heterocycles. The Morgan fingerprint density at radius 3 is 2.75 bits per heavy atom. The lowest BCUT2D eigenvalue weighted by Gasteiger charge is -2.11. The van der Waals surface area contributed by atoms with E-state index in [1.165, 1.54) is 13.2 Å². The van der Waals surface area contributed by atoms with Gasteiger partial charge in [0.25, 0.3) is 0 Å². The van der Waals surface area contributed by atoms with E-state index in [1.54, 1.807) is 12.1 Å². The maximum atomic E-state index is 11.3. The average molecular weight is 283 g/mol. The van der Waals surface area contributed by atoms with E-state index in [4.69, 9.17) is 9.47 Å². The molecule has 6 nitrogen and oxygen atoms in total. The number of rotatable bonds is 9. The van der Waals surface area contributed by atoms with Crippen molar-refractivity contribution in [3.63, 3.8) is 0 Å². The number of aromatic nitrogens is 1. The molecule has 1 atom stereocenters. The number of pyridine rings is 1.